The maximum Gasteiger partial charge on any atom is 0.251 e. The monoisotopic (exact) mass is 292 g/mol. The van der Waals surface area contributed by atoms with Crippen molar-refractivity contribution in [1.82, 2.24) is 10.6 Å². The molecule has 1 aromatic carbocycles. The first-order chi connectivity index (χ1) is 10.2. The molecule has 0 saturated carbocycles. The minimum atomic E-state index is -0.308. The Labute approximate surface area is 123 Å². The van der Waals surface area contributed by atoms with E-state index < -0.39 is 0 Å². The lowest BCUT2D eigenvalue weighted by molar-refractivity contribution is -0.120. The van der Waals surface area contributed by atoms with Gasteiger partial charge in [0.2, 0.25) is 12.7 Å². The Morgan fingerprint density at radius 1 is 1.14 bits per heavy atom. The zero-order valence-electron chi connectivity index (χ0n) is 12.1. The van der Waals surface area contributed by atoms with Crippen molar-refractivity contribution in [2.75, 3.05) is 19.9 Å². The summed E-state index contributed by atoms with van der Waals surface area (Å²) < 4.78 is 10.4. The number of benzene rings is 1. The molecule has 2 amide bonds. The molecule has 0 fully saturated rings. The Hall–Kier alpha value is -2.24. The molecule has 0 unspecified atom stereocenters. The molecule has 6 heteroatoms. The van der Waals surface area contributed by atoms with Gasteiger partial charge in [0.1, 0.15) is 0 Å². The summed E-state index contributed by atoms with van der Waals surface area (Å²) in [6.07, 6.45) is 3.15. The van der Waals surface area contributed by atoms with E-state index in [1.54, 1.807) is 18.2 Å². The molecular formula is C15H20N2O4. The largest absolute Gasteiger partial charge is 0.454 e. The zero-order chi connectivity index (χ0) is 15.1. The molecule has 6 nitrogen and oxygen atoms in total. The van der Waals surface area contributed by atoms with Crippen LogP contribution in [0.2, 0.25) is 0 Å². The van der Waals surface area contributed by atoms with Crippen molar-refractivity contribution in [1.29, 1.82) is 0 Å². The van der Waals surface area contributed by atoms with Crippen molar-refractivity contribution >= 4 is 11.8 Å². The van der Waals surface area contributed by atoms with Gasteiger partial charge in [0.25, 0.3) is 5.91 Å². The van der Waals surface area contributed by atoms with Crippen LogP contribution in [0.5, 0.6) is 11.5 Å². The normalized spacial score (nSPS) is 12.0. The van der Waals surface area contributed by atoms with E-state index in [1.807, 2.05) is 0 Å². The minimum Gasteiger partial charge on any atom is -0.454 e. The van der Waals surface area contributed by atoms with Gasteiger partial charge in [-0.3, -0.25) is 9.59 Å². The SMILES string of the molecule is CCCCCNC(=O)CNC(=O)c1ccc2c(c1)OCO2. The van der Waals surface area contributed by atoms with Crippen molar-refractivity contribution in [3.63, 3.8) is 0 Å². The van der Waals surface area contributed by atoms with Gasteiger partial charge in [-0.05, 0) is 24.6 Å². The number of hydrogen-bond acceptors (Lipinski definition) is 4. The fraction of sp³-hybridized carbons (Fsp3) is 0.467. The Bertz CT molecular complexity index is 516. The number of ether oxygens (including phenoxy) is 2. The molecule has 0 saturated heterocycles. The van der Waals surface area contributed by atoms with Crippen LogP contribution in [-0.4, -0.2) is 31.7 Å². The molecular weight excluding hydrogens is 272 g/mol. The first kappa shape index (κ1) is 15.2. The van der Waals surface area contributed by atoms with Gasteiger partial charge in [-0.15, -0.1) is 0 Å². The Morgan fingerprint density at radius 3 is 2.76 bits per heavy atom. The van der Waals surface area contributed by atoms with Gasteiger partial charge >= 0.3 is 0 Å². The molecule has 0 radical (unpaired) electrons. The van der Waals surface area contributed by atoms with E-state index in [-0.39, 0.29) is 25.2 Å². The summed E-state index contributed by atoms with van der Waals surface area (Å²) in [4.78, 5) is 23.5. The van der Waals surface area contributed by atoms with E-state index in [9.17, 15) is 9.59 Å². The number of carbonyl (C=O) groups excluding carboxylic acids is 2. The molecule has 0 aromatic heterocycles. The fourth-order valence-electron chi connectivity index (χ4n) is 1.97. The lowest BCUT2D eigenvalue weighted by atomic mass is 10.2. The summed E-state index contributed by atoms with van der Waals surface area (Å²) in [5, 5.41) is 5.35. The van der Waals surface area contributed by atoms with Crippen LogP contribution in [0.25, 0.3) is 0 Å². The number of rotatable bonds is 7. The first-order valence-corrected chi connectivity index (χ1v) is 7.15. The lowest BCUT2D eigenvalue weighted by Crippen LogP contribution is -2.37. The highest BCUT2D eigenvalue weighted by Gasteiger charge is 2.16. The van der Waals surface area contributed by atoms with Crippen LogP contribution in [0.4, 0.5) is 0 Å². The van der Waals surface area contributed by atoms with Gasteiger partial charge in [0.05, 0.1) is 6.54 Å². The number of amides is 2. The van der Waals surface area contributed by atoms with Crippen LogP contribution < -0.4 is 20.1 Å². The van der Waals surface area contributed by atoms with Crippen LogP contribution in [0.1, 0.15) is 36.5 Å². The van der Waals surface area contributed by atoms with Crippen molar-refractivity contribution in [2.45, 2.75) is 26.2 Å². The molecule has 0 bridgehead atoms. The van der Waals surface area contributed by atoms with E-state index in [0.29, 0.717) is 23.6 Å². The number of hydrogen-bond donors (Lipinski definition) is 2. The van der Waals surface area contributed by atoms with Crippen LogP contribution in [0.3, 0.4) is 0 Å². The fourth-order valence-corrected chi connectivity index (χ4v) is 1.97. The van der Waals surface area contributed by atoms with Crippen molar-refractivity contribution in [3.8, 4) is 11.5 Å². The maximum absolute atomic E-state index is 11.9. The van der Waals surface area contributed by atoms with Crippen LogP contribution in [0, 0.1) is 0 Å². The van der Waals surface area contributed by atoms with Crippen LogP contribution in [-0.2, 0) is 4.79 Å². The Kier molecular flexibility index (Phi) is 5.43. The van der Waals surface area contributed by atoms with Gasteiger partial charge < -0.3 is 20.1 Å². The lowest BCUT2D eigenvalue weighted by Gasteiger charge is -2.07. The minimum absolute atomic E-state index is 0.0284. The average Bonchev–Trinajstić information content (AvgIpc) is 2.96. The quantitative estimate of drug-likeness (QED) is 0.746. The van der Waals surface area contributed by atoms with E-state index in [1.165, 1.54) is 0 Å². The van der Waals surface area contributed by atoms with E-state index in [0.717, 1.165) is 19.3 Å². The topological polar surface area (TPSA) is 76.7 Å². The highest BCUT2D eigenvalue weighted by molar-refractivity contribution is 5.97. The number of nitrogens with one attached hydrogen (secondary N) is 2. The molecule has 1 aliphatic rings. The molecule has 21 heavy (non-hydrogen) atoms. The molecule has 2 N–H and O–H groups in total. The van der Waals surface area contributed by atoms with Gasteiger partial charge in [-0.1, -0.05) is 19.8 Å². The summed E-state index contributed by atoms with van der Waals surface area (Å²) in [7, 11) is 0. The van der Waals surface area contributed by atoms with Crippen LogP contribution >= 0.6 is 0 Å². The molecule has 1 aliphatic heterocycles. The predicted octanol–water partition coefficient (Wildman–Crippen LogP) is 1.45. The molecule has 0 aliphatic carbocycles. The smallest absolute Gasteiger partial charge is 0.251 e. The molecule has 0 atom stereocenters. The average molecular weight is 292 g/mol. The third-order valence-electron chi connectivity index (χ3n) is 3.15. The molecule has 114 valence electrons. The van der Waals surface area contributed by atoms with Crippen molar-refractivity contribution in [2.24, 2.45) is 0 Å². The van der Waals surface area contributed by atoms with Gasteiger partial charge in [0, 0.05) is 12.1 Å². The second kappa shape index (κ2) is 7.52. The highest BCUT2D eigenvalue weighted by atomic mass is 16.7. The predicted molar refractivity (Wildman–Crippen MR) is 77.4 cm³/mol. The van der Waals surface area contributed by atoms with Crippen molar-refractivity contribution < 1.29 is 19.1 Å². The summed E-state index contributed by atoms with van der Waals surface area (Å²) in [5.41, 5.74) is 0.443. The van der Waals surface area contributed by atoms with Gasteiger partial charge in [0.15, 0.2) is 11.5 Å². The number of fused-ring (bicyclic) bond motifs is 1. The third kappa shape index (κ3) is 4.37. The Balaban J connectivity index is 1.75. The number of unbranched alkanes of at least 4 members (excludes halogenated alkanes) is 2. The molecule has 0 spiro atoms. The van der Waals surface area contributed by atoms with E-state index in [4.69, 9.17) is 9.47 Å². The molecule has 1 heterocycles. The molecule has 2 rings (SSSR count). The summed E-state index contributed by atoms with van der Waals surface area (Å²) >= 11 is 0. The van der Waals surface area contributed by atoms with E-state index >= 15 is 0 Å². The summed E-state index contributed by atoms with van der Waals surface area (Å²) in [6, 6.07) is 4.93. The third-order valence-corrected chi connectivity index (χ3v) is 3.15. The Morgan fingerprint density at radius 2 is 1.95 bits per heavy atom. The summed E-state index contributed by atoms with van der Waals surface area (Å²) in [5.74, 6) is 0.684. The van der Waals surface area contributed by atoms with Gasteiger partial charge in [-0.2, -0.15) is 0 Å². The first-order valence-electron chi connectivity index (χ1n) is 7.15. The van der Waals surface area contributed by atoms with Crippen LogP contribution in [0.15, 0.2) is 18.2 Å². The maximum atomic E-state index is 11.9. The van der Waals surface area contributed by atoms with Gasteiger partial charge in [-0.25, -0.2) is 0 Å². The number of carbonyl (C=O) groups is 2. The highest BCUT2D eigenvalue weighted by Crippen LogP contribution is 2.32. The molecule has 1 aromatic rings. The standard InChI is InChI=1S/C15H20N2O4/c1-2-3-4-7-16-14(18)9-17-15(19)11-5-6-12-13(8-11)21-10-20-12/h5-6,8H,2-4,7,9-10H2,1H3,(H,16,18)(H,17,19). The van der Waals surface area contributed by atoms with E-state index in [2.05, 4.69) is 17.6 Å². The summed E-state index contributed by atoms with van der Waals surface area (Å²) in [6.45, 7) is 2.89. The zero-order valence-corrected chi connectivity index (χ0v) is 12.1. The van der Waals surface area contributed by atoms with Crippen molar-refractivity contribution in [3.05, 3.63) is 23.8 Å². The second-order valence-corrected chi connectivity index (χ2v) is 4.81. The second-order valence-electron chi connectivity index (χ2n) is 4.81.